The molecule has 1 amide bonds. The minimum absolute atomic E-state index is 0.240. The van der Waals surface area contributed by atoms with Crippen LogP contribution < -0.4 is 29.7 Å². The SMILES string of the molecule is CCNc1cc(C(=O)N[C@@H](Cc2ccccc2)[C@@H](O)CNCc2ccc(OC)c(OC)c2)cc(N2CCCCS2(O)O)c1. The number of amides is 1. The highest BCUT2D eigenvalue weighted by atomic mass is 32.3. The Morgan fingerprint density at radius 3 is 2.44 bits per heavy atom. The molecule has 1 heterocycles. The van der Waals surface area contributed by atoms with Crippen LogP contribution in [0.3, 0.4) is 0 Å². The van der Waals surface area contributed by atoms with E-state index in [0.29, 0.717) is 60.2 Å². The summed E-state index contributed by atoms with van der Waals surface area (Å²) in [5.74, 6) is 1.22. The van der Waals surface area contributed by atoms with E-state index in [0.717, 1.165) is 24.0 Å². The molecular weight excluding hydrogens is 568 g/mol. The van der Waals surface area contributed by atoms with Crippen LogP contribution >= 0.6 is 10.8 Å². The molecule has 4 rings (SSSR count). The minimum Gasteiger partial charge on any atom is -0.493 e. The van der Waals surface area contributed by atoms with Gasteiger partial charge in [0, 0.05) is 37.4 Å². The Balaban J connectivity index is 1.51. The van der Waals surface area contributed by atoms with Gasteiger partial charge in [-0.15, -0.1) is 10.8 Å². The van der Waals surface area contributed by atoms with E-state index in [1.54, 1.807) is 30.7 Å². The number of hydrogen-bond acceptors (Lipinski definition) is 9. The fourth-order valence-corrected chi connectivity index (χ4v) is 6.87. The fraction of sp³-hybridized carbons (Fsp3) is 0.406. The molecule has 0 spiro atoms. The number of carbonyl (C=O) groups is 1. The normalized spacial score (nSPS) is 16.6. The number of nitrogens with zero attached hydrogens (tertiary/aromatic N) is 1. The van der Waals surface area contributed by atoms with Crippen molar-refractivity contribution in [1.29, 1.82) is 0 Å². The Kier molecular flexibility index (Phi) is 11.5. The van der Waals surface area contributed by atoms with Gasteiger partial charge in [0.1, 0.15) is 0 Å². The lowest BCUT2D eigenvalue weighted by molar-refractivity contribution is 0.0830. The lowest BCUT2D eigenvalue weighted by Crippen LogP contribution is -2.48. The number of methoxy groups -OCH3 is 2. The highest BCUT2D eigenvalue weighted by Gasteiger charge is 2.28. The molecule has 1 aliphatic rings. The van der Waals surface area contributed by atoms with Crippen LogP contribution in [0.25, 0.3) is 0 Å². The zero-order valence-corrected chi connectivity index (χ0v) is 25.9. The Bertz CT molecular complexity index is 1340. The zero-order chi connectivity index (χ0) is 30.8. The first kappa shape index (κ1) is 32.4. The third kappa shape index (κ3) is 8.77. The number of hydrogen-bond donors (Lipinski definition) is 6. The number of carbonyl (C=O) groups excluding carboxylic acids is 1. The number of benzene rings is 3. The van der Waals surface area contributed by atoms with E-state index in [-0.39, 0.29) is 12.5 Å². The smallest absolute Gasteiger partial charge is 0.251 e. The quantitative estimate of drug-likeness (QED) is 0.150. The molecule has 0 unspecified atom stereocenters. The van der Waals surface area contributed by atoms with Gasteiger partial charge in [0.25, 0.3) is 5.91 Å². The molecule has 0 aromatic heterocycles. The van der Waals surface area contributed by atoms with Crippen LogP contribution in [0.4, 0.5) is 11.4 Å². The minimum atomic E-state index is -2.96. The van der Waals surface area contributed by atoms with Gasteiger partial charge in [-0.25, -0.2) is 0 Å². The van der Waals surface area contributed by atoms with Crippen LogP contribution in [0.15, 0.2) is 66.7 Å². The summed E-state index contributed by atoms with van der Waals surface area (Å²) in [6.45, 7) is 3.83. The van der Waals surface area contributed by atoms with Crippen molar-refractivity contribution in [2.75, 3.05) is 49.2 Å². The standard InChI is InChI=1S/C32H44N4O6S/c1-4-34-26-18-25(19-27(20-26)36-14-8-9-15-43(36,39)40)32(38)35-28(16-23-10-6-5-7-11-23)29(37)22-33-21-24-12-13-30(41-2)31(17-24)42-3/h5-7,10-13,17-20,28-29,33-34,37,39-40H,4,8-9,14-16,21-22H2,1-3H3,(H,35,38)/t28-,29-/m0/s1. The van der Waals surface area contributed by atoms with Crippen molar-refractivity contribution < 1.29 is 28.5 Å². The van der Waals surface area contributed by atoms with Gasteiger partial charge in [0.2, 0.25) is 0 Å². The third-order valence-electron chi connectivity index (χ3n) is 7.44. The third-order valence-corrected chi connectivity index (χ3v) is 9.38. The molecule has 6 N–H and O–H groups in total. The Hall–Kier alpha value is -3.48. The molecule has 0 radical (unpaired) electrons. The summed E-state index contributed by atoms with van der Waals surface area (Å²) in [5, 5.41) is 20.9. The summed E-state index contributed by atoms with van der Waals surface area (Å²) in [4.78, 5) is 13.7. The van der Waals surface area contributed by atoms with E-state index in [1.807, 2.05) is 61.5 Å². The van der Waals surface area contributed by atoms with E-state index in [1.165, 1.54) is 0 Å². The van der Waals surface area contributed by atoms with Gasteiger partial charge >= 0.3 is 0 Å². The molecule has 0 aliphatic carbocycles. The average Bonchev–Trinajstić information content (AvgIpc) is 3.00. The maximum absolute atomic E-state index is 13.7. The maximum atomic E-state index is 13.7. The predicted molar refractivity (Wildman–Crippen MR) is 174 cm³/mol. The molecule has 3 aromatic rings. The first-order valence-corrected chi connectivity index (χ1v) is 16.3. The zero-order valence-electron chi connectivity index (χ0n) is 25.1. The van der Waals surface area contributed by atoms with Crippen LogP contribution in [-0.2, 0) is 13.0 Å². The van der Waals surface area contributed by atoms with Gasteiger partial charge in [-0.1, -0.05) is 36.4 Å². The van der Waals surface area contributed by atoms with Crippen molar-refractivity contribution in [3.05, 3.63) is 83.4 Å². The van der Waals surface area contributed by atoms with Crippen LogP contribution in [0.2, 0.25) is 0 Å². The molecule has 3 aromatic carbocycles. The molecule has 0 saturated carbocycles. The number of aliphatic hydroxyl groups is 1. The summed E-state index contributed by atoms with van der Waals surface area (Å²) >= 11 is 0. The van der Waals surface area contributed by atoms with Crippen molar-refractivity contribution in [3.63, 3.8) is 0 Å². The lowest BCUT2D eigenvalue weighted by Gasteiger charge is -2.47. The van der Waals surface area contributed by atoms with Crippen molar-refractivity contribution in [2.24, 2.45) is 0 Å². The van der Waals surface area contributed by atoms with E-state index in [9.17, 15) is 19.0 Å². The molecule has 11 heteroatoms. The van der Waals surface area contributed by atoms with Crippen LogP contribution in [0.5, 0.6) is 11.5 Å². The summed E-state index contributed by atoms with van der Waals surface area (Å²) in [6, 6.07) is 20.1. The summed E-state index contributed by atoms with van der Waals surface area (Å²) in [6.07, 6.45) is 1.12. The number of rotatable bonds is 14. The molecule has 0 bridgehead atoms. The number of nitrogens with one attached hydrogen (secondary N) is 3. The summed E-state index contributed by atoms with van der Waals surface area (Å²) < 4.78 is 33.8. The number of ether oxygens (including phenoxy) is 2. The van der Waals surface area contributed by atoms with Gasteiger partial charge in [0.05, 0.1) is 37.8 Å². The van der Waals surface area contributed by atoms with Crippen molar-refractivity contribution in [2.45, 2.75) is 44.9 Å². The maximum Gasteiger partial charge on any atom is 0.251 e. The average molecular weight is 613 g/mol. The Morgan fingerprint density at radius 2 is 1.74 bits per heavy atom. The second kappa shape index (κ2) is 15.3. The van der Waals surface area contributed by atoms with Gasteiger partial charge in [-0.3, -0.25) is 18.2 Å². The predicted octanol–water partition coefficient (Wildman–Crippen LogP) is 4.89. The monoisotopic (exact) mass is 612 g/mol. The lowest BCUT2D eigenvalue weighted by atomic mass is 10.00. The van der Waals surface area contributed by atoms with E-state index in [2.05, 4.69) is 16.0 Å². The molecule has 1 saturated heterocycles. The summed E-state index contributed by atoms with van der Waals surface area (Å²) in [7, 11) is 0.218. The number of anilines is 2. The molecule has 1 aliphatic heterocycles. The van der Waals surface area contributed by atoms with E-state index in [4.69, 9.17) is 9.47 Å². The van der Waals surface area contributed by atoms with Gasteiger partial charge in [-0.05, 0) is 67.6 Å². The van der Waals surface area contributed by atoms with Gasteiger partial charge < -0.3 is 30.5 Å². The van der Waals surface area contributed by atoms with E-state index >= 15 is 0 Å². The molecule has 2 atom stereocenters. The fourth-order valence-electron chi connectivity index (χ4n) is 5.20. The molecule has 43 heavy (non-hydrogen) atoms. The van der Waals surface area contributed by atoms with Gasteiger partial charge in [0.15, 0.2) is 11.5 Å². The first-order chi connectivity index (χ1) is 20.7. The van der Waals surface area contributed by atoms with Gasteiger partial charge in [-0.2, -0.15) is 0 Å². The second-order valence-electron chi connectivity index (χ2n) is 10.6. The van der Waals surface area contributed by atoms with E-state index < -0.39 is 22.9 Å². The number of aliphatic hydroxyl groups excluding tert-OH is 1. The molecule has 1 fully saturated rings. The van der Waals surface area contributed by atoms with Crippen molar-refractivity contribution in [1.82, 2.24) is 10.6 Å². The second-order valence-corrected chi connectivity index (χ2v) is 12.7. The Labute approximate surface area is 255 Å². The highest BCUT2D eigenvalue weighted by molar-refractivity contribution is 8.25. The molecular formula is C32H44N4O6S. The first-order valence-electron chi connectivity index (χ1n) is 14.6. The van der Waals surface area contributed by atoms with Crippen molar-refractivity contribution in [3.8, 4) is 11.5 Å². The van der Waals surface area contributed by atoms with Crippen LogP contribution in [0.1, 0.15) is 41.3 Å². The summed E-state index contributed by atoms with van der Waals surface area (Å²) in [5.41, 5.74) is 3.61. The highest BCUT2D eigenvalue weighted by Crippen LogP contribution is 2.50. The topological polar surface area (TPSA) is 136 Å². The Morgan fingerprint density at radius 1 is 0.977 bits per heavy atom. The molecule has 10 nitrogen and oxygen atoms in total. The largest absolute Gasteiger partial charge is 0.493 e. The van der Waals surface area contributed by atoms with Crippen molar-refractivity contribution >= 4 is 28.1 Å². The van der Waals surface area contributed by atoms with Crippen LogP contribution in [-0.4, -0.2) is 71.9 Å². The molecule has 234 valence electrons. The van der Waals surface area contributed by atoms with Crippen LogP contribution in [0, 0.1) is 0 Å².